The summed E-state index contributed by atoms with van der Waals surface area (Å²) in [6.45, 7) is 5.27. The van der Waals surface area contributed by atoms with Crippen molar-refractivity contribution in [3.63, 3.8) is 0 Å². The standard InChI is InChI=1S/C15H18N4O2S/c1-15(2,3)14(20)21-18-13(16)8-10-4-6-11(7-5-10)12-9-22-19-17-12/h4-7,9H,8H2,1-3H3,(H2,16,18). The first-order valence-corrected chi connectivity index (χ1v) is 7.60. The summed E-state index contributed by atoms with van der Waals surface area (Å²) < 4.78 is 3.83. The summed E-state index contributed by atoms with van der Waals surface area (Å²) in [5.41, 5.74) is 7.99. The lowest BCUT2D eigenvalue weighted by Crippen LogP contribution is -2.23. The zero-order valence-corrected chi connectivity index (χ0v) is 13.6. The molecule has 2 N–H and O–H groups in total. The van der Waals surface area contributed by atoms with E-state index in [-0.39, 0.29) is 5.84 Å². The molecule has 0 aliphatic carbocycles. The van der Waals surface area contributed by atoms with Crippen LogP contribution in [0.3, 0.4) is 0 Å². The molecule has 1 aromatic carbocycles. The number of hydrogen-bond donors (Lipinski definition) is 1. The van der Waals surface area contributed by atoms with Crippen molar-refractivity contribution in [2.75, 3.05) is 0 Å². The Hall–Kier alpha value is -2.28. The van der Waals surface area contributed by atoms with E-state index in [0.29, 0.717) is 6.42 Å². The maximum absolute atomic E-state index is 11.6. The van der Waals surface area contributed by atoms with Crippen LogP contribution in [-0.2, 0) is 16.1 Å². The normalized spacial score (nSPS) is 12.2. The Bertz CT molecular complexity index is 658. The molecule has 1 heterocycles. The van der Waals surface area contributed by atoms with Gasteiger partial charge >= 0.3 is 5.97 Å². The number of oxime groups is 1. The van der Waals surface area contributed by atoms with Gasteiger partial charge in [0.2, 0.25) is 0 Å². The average Bonchev–Trinajstić information content (AvgIpc) is 2.98. The quantitative estimate of drug-likeness (QED) is 0.405. The van der Waals surface area contributed by atoms with Crippen molar-refractivity contribution in [3.8, 4) is 11.3 Å². The van der Waals surface area contributed by atoms with Gasteiger partial charge in [-0.05, 0) is 37.9 Å². The third-order valence-corrected chi connectivity index (χ3v) is 3.36. The Morgan fingerprint density at radius 2 is 2.00 bits per heavy atom. The van der Waals surface area contributed by atoms with Crippen molar-refractivity contribution in [3.05, 3.63) is 35.2 Å². The molecule has 0 unspecified atom stereocenters. The monoisotopic (exact) mass is 318 g/mol. The molecule has 0 saturated carbocycles. The van der Waals surface area contributed by atoms with Crippen LogP contribution in [-0.4, -0.2) is 21.4 Å². The molecule has 116 valence electrons. The number of carbonyl (C=O) groups is 1. The number of rotatable bonds is 4. The molecule has 1 aromatic heterocycles. The first kappa shape index (κ1) is 16.1. The number of aromatic nitrogens is 2. The van der Waals surface area contributed by atoms with Crippen LogP contribution in [0.4, 0.5) is 0 Å². The molecular formula is C15H18N4O2S. The van der Waals surface area contributed by atoms with Crippen molar-refractivity contribution >= 4 is 23.3 Å². The maximum atomic E-state index is 11.6. The second kappa shape index (κ2) is 6.65. The van der Waals surface area contributed by atoms with Crippen LogP contribution >= 0.6 is 11.5 Å². The molecule has 0 aliphatic rings. The Morgan fingerprint density at radius 3 is 2.55 bits per heavy atom. The molecule has 0 aliphatic heterocycles. The van der Waals surface area contributed by atoms with E-state index in [1.54, 1.807) is 20.8 Å². The van der Waals surface area contributed by atoms with Gasteiger partial charge in [-0.25, -0.2) is 4.79 Å². The highest BCUT2D eigenvalue weighted by Crippen LogP contribution is 2.18. The molecule has 0 bridgehead atoms. The van der Waals surface area contributed by atoms with Gasteiger partial charge in [0.25, 0.3) is 0 Å². The van der Waals surface area contributed by atoms with E-state index < -0.39 is 11.4 Å². The van der Waals surface area contributed by atoms with Crippen molar-refractivity contribution in [1.29, 1.82) is 0 Å². The zero-order chi connectivity index (χ0) is 16.2. The molecule has 2 aromatic rings. The minimum Gasteiger partial charge on any atom is -0.384 e. The smallest absolute Gasteiger partial charge is 0.340 e. The van der Waals surface area contributed by atoms with Crippen LogP contribution in [0, 0.1) is 5.41 Å². The number of benzene rings is 1. The Kier molecular flexibility index (Phi) is 4.87. The van der Waals surface area contributed by atoms with Crippen LogP contribution in [0.1, 0.15) is 26.3 Å². The van der Waals surface area contributed by atoms with E-state index in [2.05, 4.69) is 14.7 Å². The largest absolute Gasteiger partial charge is 0.384 e. The van der Waals surface area contributed by atoms with Crippen LogP contribution in [0.2, 0.25) is 0 Å². The summed E-state index contributed by atoms with van der Waals surface area (Å²) in [7, 11) is 0. The third-order valence-electron chi connectivity index (χ3n) is 2.85. The SMILES string of the molecule is CC(C)(C)C(=O)ON=C(N)Cc1ccc(-c2csnn2)cc1. The fraction of sp³-hybridized carbons (Fsp3) is 0.333. The first-order valence-electron chi connectivity index (χ1n) is 6.76. The lowest BCUT2D eigenvalue weighted by molar-refractivity contribution is -0.152. The molecule has 7 heteroatoms. The fourth-order valence-corrected chi connectivity index (χ4v) is 2.03. The maximum Gasteiger partial charge on any atom is 0.340 e. The molecule has 0 amide bonds. The van der Waals surface area contributed by atoms with Gasteiger partial charge in [0.05, 0.1) is 5.41 Å². The molecule has 22 heavy (non-hydrogen) atoms. The summed E-state index contributed by atoms with van der Waals surface area (Å²) in [6, 6.07) is 7.76. The van der Waals surface area contributed by atoms with Crippen molar-refractivity contribution in [2.45, 2.75) is 27.2 Å². The highest BCUT2D eigenvalue weighted by Gasteiger charge is 2.23. The second-order valence-corrected chi connectivity index (χ2v) is 6.49. The molecule has 0 fully saturated rings. The van der Waals surface area contributed by atoms with E-state index in [4.69, 9.17) is 10.6 Å². The lowest BCUT2D eigenvalue weighted by atomic mass is 9.98. The second-order valence-electron chi connectivity index (χ2n) is 5.88. The number of nitrogens with zero attached hydrogens (tertiary/aromatic N) is 3. The summed E-state index contributed by atoms with van der Waals surface area (Å²) in [5.74, 6) is -0.164. The van der Waals surface area contributed by atoms with Gasteiger partial charge in [0.15, 0.2) is 0 Å². The predicted octanol–water partition coefficient (Wildman–Crippen LogP) is 2.61. The van der Waals surface area contributed by atoms with Gasteiger partial charge in [0, 0.05) is 17.4 Å². The molecular weight excluding hydrogens is 300 g/mol. The van der Waals surface area contributed by atoms with E-state index >= 15 is 0 Å². The number of carbonyl (C=O) groups excluding carboxylic acids is 1. The minimum absolute atomic E-state index is 0.251. The summed E-state index contributed by atoms with van der Waals surface area (Å²) in [6.07, 6.45) is 0.410. The van der Waals surface area contributed by atoms with Gasteiger partial charge in [-0.2, -0.15) is 0 Å². The number of hydrogen-bond acceptors (Lipinski definition) is 6. The fourth-order valence-electron chi connectivity index (χ4n) is 1.56. The van der Waals surface area contributed by atoms with Gasteiger partial charge in [0.1, 0.15) is 11.5 Å². The van der Waals surface area contributed by atoms with Crippen LogP contribution in [0.15, 0.2) is 34.8 Å². The lowest BCUT2D eigenvalue weighted by Gasteiger charge is -2.13. The Balaban J connectivity index is 1.97. The zero-order valence-electron chi connectivity index (χ0n) is 12.7. The van der Waals surface area contributed by atoms with Crippen molar-refractivity contribution in [2.24, 2.45) is 16.3 Å². The number of amidine groups is 1. The van der Waals surface area contributed by atoms with Crippen LogP contribution in [0.25, 0.3) is 11.3 Å². The molecule has 6 nitrogen and oxygen atoms in total. The third kappa shape index (κ3) is 4.36. The van der Waals surface area contributed by atoms with E-state index in [9.17, 15) is 4.79 Å². The highest BCUT2D eigenvalue weighted by molar-refractivity contribution is 7.03. The number of nitrogens with two attached hydrogens (primary N) is 1. The highest BCUT2D eigenvalue weighted by atomic mass is 32.1. The van der Waals surface area contributed by atoms with E-state index in [1.165, 1.54) is 11.5 Å². The average molecular weight is 318 g/mol. The van der Waals surface area contributed by atoms with E-state index in [1.807, 2.05) is 29.6 Å². The van der Waals surface area contributed by atoms with Gasteiger partial charge in [-0.3, -0.25) is 0 Å². The summed E-state index contributed by atoms with van der Waals surface area (Å²) in [4.78, 5) is 16.4. The minimum atomic E-state index is -0.604. The van der Waals surface area contributed by atoms with E-state index in [0.717, 1.165) is 16.8 Å². The summed E-state index contributed by atoms with van der Waals surface area (Å²) in [5, 5.41) is 9.58. The molecule has 0 spiro atoms. The molecule has 2 rings (SSSR count). The summed E-state index contributed by atoms with van der Waals surface area (Å²) >= 11 is 1.31. The van der Waals surface area contributed by atoms with Crippen molar-refractivity contribution in [1.82, 2.24) is 9.59 Å². The molecule has 0 saturated heterocycles. The Labute approximate surface area is 133 Å². The topological polar surface area (TPSA) is 90.5 Å². The molecule has 0 radical (unpaired) electrons. The first-order chi connectivity index (χ1) is 10.4. The predicted molar refractivity (Wildman–Crippen MR) is 86.2 cm³/mol. The van der Waals surface area contributed by atoms with Gasteiger partial charge < -0.3 is 10.6 Å². The molecule has 0 atom stereocenters. The van der Waals surface area contributed by atoms with Gasteiger partial charge in [-0.15, -0.1) is 5.10 Å². The van der Waals surface area contributed by atoms with Crippen LogP contribution in [0.5, 0.6) is 0 Å². The Morgan fingerprint density at radius 1 is 1.32 bits per heavy atom. The van der Waals surface area contributed by atoms with Gasteiger partial charge in [-0.1, -0.05) is 33.9 Å². The van der Waals surface area contributed by atoms with Crippen molar-refractivity contribution < 1.29 is 9.63 Å². The van der Waals surface area contributed by atoms with Crippen LogP contribution < -0.4 is 5.73 Å².